The fourth-order valence-corrected chi connectivity index (χ4v) is 2.39. The summed E-state index contributed by atoms with van der Waals surface area (Å²) in [6.07, 6.45) is 3.36. The molecule has 0 saturated carbocycles. The molecule has 0 heterocycles. The number of aliphatic hydroxyl groups is 1. The number of methoxy groups -OCH3 is 3. The quantitative estimate of drug-likeness (QED) is 0.182. The lowest BCUT2D eigenvalue weighted by Crippen LogP contribution is -2.48. The fourth-order valence-electron chi connectivity index (χ4n) is 2.39. The predicted octanol–water partition coefficient (Wildman–Crippen LogP) is 0.683. The third-order valence-corrected chi connectivity index (χ3v) is 3.71. The van der Waals surface area contributed by atoms with Gasteiger partial charge in [0.2, 0.25) is 6.41 Å². The molecule has 0 aliphatic rings. The summed E-state index contributed by atoms with van der Waals surface area (Å²) in [7, 11) is 5.09. The molecule has 1 atom stereocenters. The number of nitrogens with one attached hydrogen (secondary N) is 1. The van der Waals surface area contributed by atoms with Gasteiger partial charge in [0.25, 0.3) is 0 Å². The lowest BCUT2D eigenvalue weighted by atomic mass is 10.4. The third kappa shape index (κ3) is 14.6. The van der Waals surface area contributed by atoms with Gasteiger partial charge in [-0.1, -0.05) is 6.08 Å². The first-order valence-electron chi connectivity index (χ1n) is 9.24. The molecule has 0 saturated heterocycles. The van der Waals surface area contributed by atoms with Crippen LogP contribution >= 0.6 is 0 Å². The van der Waals surface area contributed by atoms with Crippen LogP contribution in [-0.4, -0.2) is 102 Å². The molecule has 0 aliphatic carbocycles. The molecule has 0 aromatic carbocycles. The minimum atomic E-state index is -0.969. The van der Waals surface area contributed by atoms with E-state index in [0.29, 0.717) is 33.0 Å². The molecule has 156 valence electrons. The van der Waals surface area contributed by atoms with E-state index in [1.54, 1.807) is 27.4 Å². The van der Waals surface area contributed by atoms with Gasteiger partial charge in [-0.05, 0) is 25.8 Å². The smallest absolute Gasteiger partial charge is 0.217 e. The van der Waals surface area contributed by atoms with Gasteiger partial charge < -0.3 is 29.4 Å². The Morgan fingerprint density at radius 2 is 1.62 bits per heavy atom. The monoisotopic (exact) mass is 377 g/mol. The molecule has 0 bridgehead atoms. The van der Waals surface area contributed by atoms with Crippen molar-refractivity contribution in [2.45, 2.75) is 25.7 Å². The van der Waals surface area contributed by atoms with Gasteiger partial charge in [-0.25, -0.2) is 4.90 Å². The second-order valence-corrected chi connectivity index (χ2v) is 5.99. The van der Waals surface area contributed by atoms with Crippen molar-refractivity contribution in [2.24, 2.45) is 0 Å². The summed E-state index contributed by atoms with van der Waals surface area (Å²) in [5.41, 5.74) is 0. The summed E-state index contributed by atoms with van der Waals surface area (Å²) >= 11 is 0. The minimum absolute atomic E-state index is 0.306. The van der Waals surface area contributed by atoms with Crippen molar-refractivity contribution in [1.82, 2.24) is 15.1 Å². The molecule has 0 aliphatic heterocycles. The lowest BCUT2D eigenvalue weighted by molar-refractivity contribution is -0.198. The van der Waals surface area contributed by atoms with Crippen LogP contribution in [0.15, 0.2) is 12.7 Å². The molecule has 0 rings (SSSR count). The number of rotatable bonds is 20. The molecule has 0 aromatic rings. The zero-order valence-corrected chi connectivity index (χ0v) is 16.8. The first-order chi connectivity index (χ1) is 12.7. The van der Waals surface area contributed by atoms with Gasteiger partial charge in [0.15, 0.2) is 0 Å². The summed E-state index contributed by atoms with van der Waals surface area (Å²) in [4.78, 5) is 4.13. The normalized spacial score (nSPS) is 12.8. The molecule has 2 N–H and O–H groups in total. The molecule has 0 amide bonds. The van der Waals surface area contributed by atoms with Crippen molar-refractivity contribution >= 4 is 0 Å². The van der Waals surface area contributed by atoms with E-state index in [0.717, 1.165) is 45.6 Å². The standard InChI is InChI=1S/C18H39N3O5/c1-5-12-26-18(22)21(11-8-15-25-4)17-20(10-7-14-24-3)16-19-9-6-13-23-2/h5,18-19,22H,1,6-17H2,2-4H3. The van der Waals surface area contributed by atoms with E-state index < -0.39 is 6.41 Å². The Balaban J connectivity index is 4.57. The van der Waals surface area contributed by atoms with E-state index in [-0.39, 0.29) is 0 Å². The fraction of sp³-hybridized carbons (Fsp3) is 0.889. The average molecular weight is 378 g/mol. The van der Waals surface area contributed by atoms with Crippen LogP contribution in [0, 0.1) is 0 Å². The molecule has 26 heavy (non-hydrogen) atoms. The molecular weight excluding hydrogens is 338 g/mol. The minimum Gasteiger partial charge on any atom is -0.385 e. The third-order valence-electron chi connectivity index (χ3n) is 3.71. The Hall–Kier alpha value is -0.580. The van der Waals surface area contributed by atoms with Crippen LogP contribution in [0.2, 0.25) is 0 Å². The Kier molecular flexibility index (Phi) is 18.8. The molecule has 0 spiro atoms. The highest BCUT2D eigenvalue weighted by molar-refractivity contribution is 4.66. The summed E-state index contributed by atoms with van der Waals surface area (Å²) in [5, 5.41) is 13.7. The Morgan fingerprint density at radius 3 is 2.23 bits per heavy atom. The maximum Gasteiger partial charge on any atom is 0.217 e. The van der Waals surface area contributed by atoms with Gasteiger partial charge in [-0.2, -0.15) is 0 Å². The van der Waals surface area contributed by atoms with Crippen LogP contribution in [0.1, 0.15) is 19.3 Å². The zero-order valence-electron chi connectivity index (χ0n) is 16.8. The van der Waals surface area contributed by atoms with Gasteiger partial charge in [-0.15, -0.1) is 6.58 Å². The van der Waals surface area contributed by atoms with E-state index >= 15 is 0 Å². The molecule has 0 radical (unpaired) electrons. The van der Waals surface area contributed by atoms with Gasteiger partial charge >= 0.3 is 0 Å². The van der Waals surface area contributed by atoms with Gasteiger partial charge in [-0.3, -0.25) is 4.90 Å². The van der Waals surface area contributed by atoms with Crippen molar-refractivity contribution in [3.63, 3.8) is 0 Å². The average Bonchev–Trinajstić information content (AvgIpc) is 2.64. The predicted molar refractivity (Wildman–Crippen MR) is 103 cm³/mol. The Morgan fingerprint density at radius 1 is 1.00 bits per heavy atom. The highest BCUT2D eigenvalue weighted by Gasteiger charge is 2.18. The molecule has 0 fully saturated rings. The number of hydrogen-bond donors (Lipinski definition) is 2. The maximum absolute atomic E-state index is 10.3. The number of hydrogen-bond acceptors (Lipinski definition) is 8. The SMILES string of the molecule is C=CCOC(O)N(CCCOC)CN(CCCOC)CNCCCOC. The number of aliphatic hydroxyl groups excluding tert-OH is 1. The highest BCUT2D eigenvalue weighted by atomic mass is 16.6. The molecule has 8 heteroatoms. The maximum atomic E-state index is 10.3. The number of nitrogens with zero attached hydrogens (tertiary/aromatic N) is 2. The lowest BCUT2D eigenvalue weighted by Gasteiger charge is -2.33. The van der Waals surface area contributed by atoms with Gasteiger partial charge in [0.1, 0.15) is 0 Å². The summed E-state index contributed by atoms with van der Waals surface area (Å²) in [6, 6.07) is 0. The van der Waals surface area contributed by atoms with E-state index in [9.17, 15) is 5.11 Å². The van der Waals surface area contributed by atoms with E-state index in [1.165, 1.54) is 0 Å². The van der Waals surface area contributed by atoms with E-state index in [4.69, 9.17) is 18.9 Å². The van der Waals surface area contributed by atoms with Crippen LogP contribution in [-0.2, 0) is 18.9 Å². The topological polar surface area (TPSA) is 75.7 Å². The van der Waals surface area contributed by atoms with Crippen molar-refractivity contribution < 1.29 is 24.1 Å². The van der Waals surface area contributed by atoms with Crippen LogP contribution in [0.25, 0.3) is 0 Å². The van der Waals surface area contributed by atoms with Crippen molar-refractivity contribution in [1.29, 1.82) is 0 Å². The first-order valence-corrected chi connectivity index (χ1v) is 9.24. The molecule has 1 unspecified atom stereocenters. The van der Waals surface area contributed by atoms with Crippen molar-refractivity contribution in [3.8, 4) is 0 Å². The summed E-state index contributed by atoms with van der Waals surface area (Å²) < 4.78 is 20.7. The van der Waals surface area contributed by atoms with Gasteiger partial charge in [0, 0.05) is 60.9 Å². The second kappa shape index (κ2) is 19.2. The summed E-state index contributed by atoms with van der Waals surface area (Å²) in [5.74, 6) is 0. The highest BCUT2D eigenvalue weighted by Crippen LogP contribution is 2.04. The van der Waals surface area contributed by atoms with Gasteiger partial charge in [0.05, 0.1) is 13.3 Å². The summed E-state index contributed by atoms with van der Waals surface area (Å²) in [6.45, 7) is 9.76. The molecule has 0 aromatic heterocycles. The Labute approximate surface area is 159 Å². The van der Waals surface area contributed by atoms with Crippen LogP contribution in [0.3, 0.4) is 0 Å². The Bertz CT molecular complexity index is 311. The van der Waals surface area contributed by atoms with E-state index in [2.05, 4.69) is 16.8 Å². The second-order valence-electron chi connectivity index (χ2n) is 5.99. The largest absolute Gasteiger partial charge is 0.385 e. The molecular formula is C18H39N3O5. The first kappa shape index (κ1) is 25.4. The van der Waals surface area contributed by atoms with Crippen molar-refractivity contribution in [2.75, 3.05) is 80.7 Å². The van der Waals surface area contributed by atoms with E-state index in [1.807, 2.05) is 4.90 Å². The van der Waals surface area contributed by atoms with Crippen molar-refractivity contribution in [3.05, 3.63) is 12.7 Å². The van der Waals surface area contributed by atoms with Crippen LogP contribution in [0.4, 0.5) is 0 Å². The zero-order chi connectivity index (χ0) is 19.5. The van der Waals surface area contributed by atoms with Crippen LogP contribution in [0.5, 0.6) is 0 Å². The molecule has 8 nitrogen and oxygen atoms in total. The van der Waals surface area contributed by atoms with Crippen LogP contribution < -0.4 is 5.32 Å². The number of ether oxygens (including phenoxy) is 4.